The first-order valence-corrected chi connectivity index (χ1v) is 20.8. The summed E-state index contributed by atoms with van der Waals surface area (Å²) in [5.41, 5.74) is 2.04. The van der Waals surface area contributed by atoms with Crippen LogP contribution in [0.15, 0.2) is 97.1 Å². The van der Waals surface area contributed by atoms with Crippen LogP contribution in [0.5, 0.6) is 11.5 Å². The second kappa shape index (κ2) is 15.5. The third-order valence-corrected chi connectivity index (χ3v) is 12.9. The van der Waals surface area contributed by atoms with Gasteiger partial charge in [0.05, 0.1) is 45.6 Å². The lowest BCUT2D eigenvalue weighted by Crippen LogP contribution is -2.46. The van der Waals surface area contributed by atoms with Crippen LogP contribution in [0.3, 0.4) is 0 Å². The van der Waals surface area contributed by atoms with Crippen LogP contribution in [0.4, 0.5) is 11.4 Å². The first kappa shape index (κ1) is 37.7. The highest BCUT2D eigenvalue weighted by atomic mass is 28.4. The molecule has 1 saturated heterocycles. The van der Waals surface area contributed by atoms with E-state index in [0.717, 1.165) is 11.1 Å². The molecule has 2 heterocycles. The van der Waals surface area contributed by atoms with Crippen LogP contribution in [0.2, 0.25) is 18.6 Å². The highest BCUT2D eigenvalue weighted by Crippen LogP contribution is 2.60. The smallest absolute Gasteiger partial charge is 0.264 e. The molecule has 4 aromatic rings. The van der Waals surface area contributed by atoms with Crippen molar-refractivity contribution in [3.8, 4) is 11.5 Å². The van der Waals surface area contributed by atoms with E-state index >= 15 is 0 Å². The average molecular weight is 738 g/mol. The minimum atomic E-state index is -3.06. The number of anilines is 2. The number of hydrogen-bond donors (Lipinski definition) is 3. The molecule has 11 nitrogen and oxygen atoms in total. The third kappa shape index (κ3) is 7.58. The summed E-state index contributed by atoms with van der Waals surface area (Å²) in [6, 6.07) is 29.1. The lowest BCUT2D eigenvalue weighted by molar-refractivity contribution is -0.150. The van der Waals surface area contributed by atoms with Crippen molar-refractivity contribution < 1.29 is 38.5 Å². The van der Waals surface area contributed by atoms with Crippen LogP contribution < -0.4 is 19.7 Å². The standard InChI is InChI=1S/C41H47N3O8Si/c1-27-38(53(4,5)49)36(24-37(46)43(20-21-45)25-28-10-7-6-8-11-28)52-41(27)34-23-33(51-3)18-19-35(34)44(40(41)48)26-29-12-9-13-31(22-29)42-39(47)30-14-16-32(50-2)17-15-30/h6-19,22-23,27,36,38,45,49H,20-21,24-26H2,1-5H3,(H,42,47)/t27-,36+,38-,41+/m0/s1. The number of benzene rings is 4. The number of aliphatic hydroxyl groups excluding tert-OH is 1. The zero-order valence-electron chi connectivity index (χ0n) is 30.7. The SMILES string of the molecule is COc1ccc(C(=O)Nc2cccc(CN3C(=O)[C@]4(O[C@H](CC(=O)N(CCO)Cc5ccccc5)[C@@H]([Si](C)(C)O)[C@@H]4C)c4cc(OC)ccc43)c2)cc1. The molecule has 0 radical (unpaired) electrons. The van der Waals surface area contributed by atoms with Crippen molar-refractivity contribution in [3.05, 3.63) is 119 Å². The van der Waals surface area contributed by atoms with Gasteiger partial charge < -0.3 is 39.2 Å². The van der Waals surface area contributed by atoms with Crippen molar-refractivity contribution in [2.24, 2.45) is 5.92 Å². The molecule has 0 unspecified atom stereocenters. The Morgan fingerprint density at radius 3 is 2.26 bits per heavy atom. The first-order valence-electron chi connectivity index (χ1n) is 17.8. The Labute approximate surface area is 311 Å². The lowest BCUT2D eigenvalue weighted by atomic mass is 9.82. The van der Waals surface area contributed by atoms with Crippen LogP contribution in [0, 0.1) is 5.92 Å². The largest absolute Gasteiger partial charge is 0.497 e. The van der Waals surface area contributed by atoms with Crippen molar-refractivity contribution in [3.63, 3.8) is 0 Å². The molecule has 0 saturated carbocycles. The van der Waals surface area contributed by atoms with E-state index in [2.05, 4.69) is 5.32 Å². The van der Waals surface area contributed by atoms with Gasteiger partial charge in [0.15, 0.2) is 13.9 Å². The molecule has 3 N–H and O–H groups in total. The van der Waals surface area contributed by atoms with Gasteiger partial charge in [-0.05, 0) is 78.8 Å². The summed E-state index contributed by atoms with van der Waals surface area (Å²) in [4.78, 5) is 57.0. The minimum absolute atomic E-state index is 0.0664. The van der Waals surface area contributed by atoms with Gasteiger partial charge in [0, 0.05) is 41.4 Å². The summed E-state index contributed by atoms with van der Waals surface area (Å²) in [5.74, 6) is -0.111. The Hall–Kier alpha value is -5.01. The maximum absolute atomic E-state index is 15.0. The second-order valence-corrected chi connectivity index (χ2v) is 18.2. The molecule has 1 fully saturated rings. The maximum atomic E-state index is 15.0. The van der Waals surface area contributed by atoms with Gasteiger partial charge in [-0.3, -0.25) is 14.4 Å². The molecular weight excluding hydrogens is 691 g/mol. The van der Waals surface area contributed by atoms with E-state index < -0.39 is 31.5 Å². The van der Waals surface area contributed by atoms with Gasteiger partial charge in [-0.2, -0.15) is 0 Å². The molecule has 4 aromatic carbocycles. The molecule has 6 rings (SSSR count). The third-order valence-electron chi connectivity index (χ3n) is 10.4. The number of hydrogen-bond acceptors (Lipinski definition) is 8. The summed E-state index contributed by atoms with van der Waals surface area (Å²) >= 11 is 0. The molecular formula is C41H47N3O8Si. The minimum Gasteiger partial charge on any atom is -0.497 e. The molecule has 0 aromatic heterocycles. The predicted octanol–water partition coefficient (Wildman–Crippen LogP) is 5.71. The fourth-order valence-electron chi connectivity index (χ4n) is 7.93. The Morgan fingerprint density at radius 2 is 1.60 bits per heavy atom. The number of rotatable bonds is 13. The Morgan fingerprint density at radius 1 is 0.925 bits per heavy atom. The Kier molecular flexibility index (Phi) is 11.1. The molecule has 278 valence electrons. The van der Waals surface area contributed by atoms with Gasteiger partial charge in [0.2, 0.25) is 5.91 Å². The molecule has 3 amide bonds. The number of methoxy groups -OCH3 is 2. The van der Waals surface area contributed by atoms with Gasteiger partial charge in [-0.15, -0.1) is 0 Å². The van der Waals surface area contributed by atoms with Crippen molar-refractivity contribution >= 4 is 37.4 Å². The Bertz CT molecular complexity index is 1950. The number of nitrogens with zero attached hydrogens (tertiary/aromatic N) is 2. The summed E-state index contributed by atoms with van der Waals surface area (Å²) in [6.07, 6.45) is -0.830. The normalized spacial score (nSPS) is 20.7. The Balaban J connectivity index is 1.30. The second-order valence-electron chi connectivity index (χ2n) is 14.2. The van der Waals surface area contributed by atoms with Crippen molar-refractivity contribution in [2.75, 3.05) is 37.6 Å². The summed E-state index contributed by atoms with van der Waals surface area (Å²) in [5, 5.41) is 12.8. The molecule has 0 bridgehead atoms. The average Bonchev–Trinajstić information content (AvgIpc) is 3.57. The van der Waals surface area contributed by atoms with E-state index in [1.165, 1.54) is 0 Å². The van der Waals surface area contributed by atoms with Crippen molar-refractivity contribution in [1.82, 2.24) is 4.90 Å². The molecule has 2 aliphatic heterocycles. The van der Waals surface area contributed by atoms with Crippen molar-refractivity contribution in [1.29, 1.82) is 0 Å². The zero-order chi connectivity index (χ0) is 37.9. The number of carbonyl (C=O) groups is 3. The van der Waals surface area contributed by atoms with E-state index in [1.54, 1.807) is 60.4 Å². The fraction of sp³-hybridized carbons (Fsp3) is 0.341. The van der Waals surface area contributed by atoms with Crippen LogP contribution in [-0.2, 0) is 33.0 Å². The number of amides is 3. The summed E-state index contributed by atoms with van der Waals surface area (Å²) in [6.45, 7) is 5.98. The number of carbonyl (C=O) groups excluding carboxylic acids is 3. The maximum Gasteiger partial charge on any atom is 0.264 e. The van der Waals surface area contributed by atoms with Crippen LogP contribution >= 0.6 is 0 Å². The number of fused-ring (bicyclic) bond motifs is 2. The van der Waals surface area contributed by atoms with Gasteiger partial charge in [0.25, 0.3) is 11.8 Å². The van der Waals surface area contributed by atoms with E-state index in [-0.39, 0.29) is 43.8 Å². The first-order chi connectivity index (χ1) is 25.4. The molecule has 2 aliphatic rings. The van der Waals surface area contributed by atoms with Gasteiger partial charge in [-0.1, -0.05) is 49.4 Å². The number of ether oxygens (including phenoxy) is 3. The number of nitrogens with one attached hydrogen (secondary N) is 1. The van der Waals surface area contributed by atoms with E-state index in [0.29, 0.717) is 40.5 Å². The van der Waals surface area contributed by atoms with E-state index in [1.807, 2.05) is 80.7 Å². The molecule has 12 heteroatoms. The van der Waals surface area contributed by atoms with Crippen LogP contribution in [0.1, 0.15) is 40.4 Å². The lowest BCUT2D eigenvalue weighted by Gasteiger charge is -2.32. The highest BCUT2D eigenvalue weighted by Gasteiger charge is 2.66. The quantitative estimate of drug-likeness (QED) is 0.149. The fourth-order valence-corrected chi connectivity index (χ4v) is 10.5. The van der Waals surface area contributed by atoms with Gasteiger partial charge in [-0.25, -0.2) is 0 Å². The molecule has 53 heavy (non-hydrogen) atoms. The van der Waals surface area contributed by atoms with Crippen LogP contribution in [0.25, 0.3) is 0 Å². The number of aliphatic hydroxyl groups is 1. The van der Waals surface area contributed by atoms with Gasteiger partial charge >= 0.3 is 0 Å². The molecule has 0 aliphatic carbocycles. The van der Waals surface area contributed by atoms with Crippen molar-refractivity contribution in [2.45, 2.75) is 56.8 Å². The topological polar surface area (TPSA) is 138 Å². The highest BCUT2D eigenvalue weighted by molar-refractivity contribution is 6.71. The summed E-state index contributed by atoms with van der Waals surface area (Å²) in [7, 11) is 0.0674. The van der Waals surface area contributed by atoms with E-state index in [9.17, 15) is 24.3 Å². The molecule has 1 spiro atoms. The van der Waals surface area contributed by atoms with Gasteiger partial charge in [0.1, 0.15) is 11.5 Å². The monoisotopic (exact) mass is 737 g/mol. The van der Waals surface area contributed by atoms with Crippen LogP contribution in [-0.4, -0.2) is 74.3 Å². The summed E-state index contributed by atoms with van der Waals surface area (Å²) < 4.78 is 17.7. The van der Waals surface area contributed by atoms with E-state index in [4.69, 9.17) is 14.2 Å². The zero-order valence-corrected chi connectivity index (χ0v) is 31.7. The molecule has 4 atom stereocenters. The predicted molar refractivity (Wildman–Crippen MR) is 204 cm³/mol.